The molecule has 2 aromatic rings. The van der Waals surface area contributed by atoms with Crippen LogP contribution < -0.4 is 9.64 Å². The number of hydrogen-bond donors (Lipinski definition) is 0. The van der Waals surface area contributed by atoms with Crippen molar-refractivity contribution < 1.29 is 28.3 Å². The van der Waals surface area contributed by atoms with E-state index in [9.17, 15) is 19.2 Å². The molecule has 1 aliphatic heterocycles. The minimum Gasteiger partial charge on any atom is -0.497 e. The van der Waals surface area contributed by atoms with E-state index in [1.807, 2.05) is 0 Å². The van der Waals surface area contributed by atoms with Crippen molar-refractivity contribution in [2.45, 2.75) is 13.5 Å². The highest BCUT2D eigenvalue weighted by Gasteiger charge is 2.46. The third kappa shape index (κ3) is 3.59. The highest BCUT2D eigenvalue weighted by atomic mass is 16.5. The molecule has 1 aromatic carbocycles. The molecule has 0 atom stereocenters. The van der Waals surface area contributed by atoms with E-state index >= 15 is 0 Å². The first kappa shape index (κ1) is 19.2. The number of aryl methyl sites for hydroxylation is 1. The monoisotopic (exact) mass is 385 g/mol. The van der Waals surface area contributed by atoms with Crippen LogP contribution in [0.4, 0.5) is 10.5 Å². The number of benzene rings is 1. The van der Waals surface area contributed by atoms with Gasteiger partial charge in [-0.2, -0.15) is 0 Å². The van der Waals surface area contributed by atoms with Gasteiger partial charge in [0.05, 0.1) is 19.3 Å². The van der Waals surface area contributed by atoms with Gasteiger partial charge in [0.1, 0.15) is 23.8 Å². The predicted octanol–water partition coefficient (Wildman–Crippen LogP) is 1.55. The van der Waals surface area contributed by atoms with Crippen molar-refractivity contribution >= 4 is 29.4 Å². The molecular weight excluding hydrogens is 366 g/mol. The van der Waals surface area contributed by atoms with Gasteiger partial charge in [-0.05, 0) is 43.3 Å². The second-order valence-electron chi connectivity index (χ2n) is 6.27. The fourth-order valence-electron chi connectivity index (χ4n) is 2.75. The van der Waals surface area contributed by atoms with Gasteiger partial charge in [0.25, 0.3) is 0 Å². The number of hydrogen-bond acceptors (Lipinski definition) is 6. The van der Waals surface area contributed by atoms with Gasteiger partial charge in [-0.3, -0.25) is 14.4 Å². The summed E-state index contributed by atoms with van der Waals surface area (Å²) in [6.45, 7) is 1.43. The van der Waals surface area contributed by atoms with Crippen molar-refractivity contribution in [3.05, 3.63) is 47.9 Å². The number of likely N-dealkylation sites (N-methyl/N-ethyl adjacent to an activating group) is 1. The molecule has 0 bridgehead atoms. The Hall–Kier alpha value is -3.62. The zero-order valence-corrected chi connectivity index (χ0v) is 15.7. The van der Waals surface area contributed by atoms with E-state index in [0.29, 0.717) is 22.2 Å². The number of nitrogens with zero attached hydrogens (tertiary/aromatic N) is 3. The lowest BCUT2D eigenvalue weighted by molar-refractivity contribution is -0.142. The predicted molar refractivity (Wildman–Crippen MR) is 97.5 cm³/mol. The summed E-state index contributed by atoms with van der Waals surface area (Å²) in [5.41, 5.74) is 0.221. The van der Waals surface area contributed by atoms with Crippen LogP contribution in [0.2, 0.25) is 0 Å². The molecule has 1 saturated heterocycles. The fourth-order valence-corrected chi connectivity index (χ4v) is 2.75. The third-order valence-electron chi connectivity index (χ3n) is 4.29. The van der Waals surface area contributed by atoms with Gasteiger partial charge in [-0.1, -0.05) is 0 Å². The number of carbonyl (C=O) groups is 4. The number of ether oxygens (including phenoxy) is 1. The summed E-state index contributed by atoms with van der Waals surface area (Å²) in [5, 5.41) is 0. The smallest absolute Gasteiger partial charge is 0.339 e. The third-order valence-corrected chi connectivity index (χ3v) is 4.29. The molecule has 0 spiro atoms. The quantitative estimate of drug-likeness (QED) is 0.552. The number of carbonyl (C=O) groups excluding carboxylic acids is 4. The number of urea groups is 1. The Morgan fingerprint density at radius 1 is 1.07 bits per heavy atom. The average molecular weight is 385 g/mol. The van der Waals surface area contributed by atoms with E-state index in [-0.39, 0.29) is 12.2 Å². The Balaban J connectivity index is 1.71. The molecule has 0 radical (unpaired) electrons. The van der Waals surface area contributed by atoms with Crippen molar-refractivity contribution in [2.75, 3.05) is 25.6 Å². The minimum atomic E-state index is -1.04. The second kappa shape index (κ2) is 7.55. The Morgan fingerprint density at radius 3 is 2.32 bits per heavy atom. The van der Waals surface area contributed by atoms with Crippen molar-refractivity contribution in [2.24, 2.45) is 0 Å². The SMILES string of the molecule is COc1ccc(N2C(=O)C(=O)N(CC(=O)N(C)Cc3ccc(C)o3)C2=O)cc1. The van der Waals surface area contributed by atoms with Gasteiger partial charge in [-0.25, -0.2) is 14.6 Å². The van der Waals surface area contributed by atoms with Crippen LogP contribution in [-0.2, 0) is 20.9 Å². The van der Waals surface area contributed by atoms with Crippen LogP contribution in [0.5, 0.6) is 5.75 Å². The first-order valence-corrected chi connectivity index (χ1v) is 8.45. The Labute approximate surface area is 161 Å². The molecule has 146 valence electrons. The maximum atomic E-state index is 12.6. The summed E-state index contributed by atoms with van der Waals surface area (Å²) < 4.78 is 10.4. The first-order valence-electron chi connectivity index (χ1n) is 8.45. The standard InChI is InChI=1S/C19H19N3O6/c1-12-4-7-15(28-12)10-20(2)16(23)11-21-17(24)18(25)22(19(21)26)13-5-8-14(27-3)9-6-13/h4-9H,10-11H2,1-3H3. The largest absolute Gasteiger partial charge is 0.497 e. The Morgan fingerprint density at radius 2 is 1.75 bits per heavy atom. The number of imide groups is 2. The van der Waals surface area contributed by atoms with Crippen molar-refractivity contribution in [3.63, 3.8) is 0 Å². The van der Waals surface area contributed by atoms with Crippen LogP contribution in [0.3, 0.4) is 0 Å². The van der Waals surface area contributed by atoms with E-state index in [4.69, 9.17) is 9.15 Å². The maximum Gasteiger partial charge on any atom is 0.339 e. The van der Waals surface area contributed by atoms with Crippen LogP contribution in [0, 0.1) is 6.92 Å². The summed E-state index contributed by atoms with van der Waals surface area (Å²) in [4.78, 5) is 52.2. The van der Waals surface area contributed by atoms with E-state index in [0.717, 1.165) is 4.90 Å². The van der Waals surface area contributed by atoms with Crippen molar-refractivity contribution in [1.29, 1.82) is 0 Å². The van der Waals surface area contributed by atoms with Crippen LogP contribution in [0.15, 0.2) is 40.8 Å². The molecule has 0 saturated carbocycles. The van der Waals surface area contributed by atoms with Gasteiger partial charge >= 0.3 is 17.8 Å². The van der Waals surface area contributed by atoms with Crippen LogP contribution in [-0.4, -0.2) is 54.3 Å². The number of furan rings is 1. The molecule has 2 heterocycles. The summed E-state index contributed by atoms with van der Waals surface area (Å²) in [6, 6.07) is 8.74. The molecule has 9 heteroatoms. The lowest BCUT2D eigenvalue weighted by atomic mass is 10.3. The topological polar surface area (TPSA) is 100 Å². The zero-order valence-electron chi connectivity index (χ0n) is 15.7. The second-order valence-corrected chi connectivity index (χ2v) is 6.27. The highest BCUT2D eigenvalue weighted by molar-refractivity contribution is 6.53. The lowest BCUT2D eigenvalue weighted by Crippen LogP contribution is -2.42. The molecule has 0 N–H and O–H groups in total. The summed E-state index contributed by atoms with van der Waals surface area (Å²) >= 11 is 0. The summed E-state index contributed by atoms with van der Waals surface area (Å²) in [7, 11) is 3.01. The molecule has 1 aliphatic rings. The van der Waals surface area contributed by atoms with Gasteiger partial charge in [0.15, 0.2) is 0 Å². The van der Waals surface area contributed by atoms with Crippen LogP contribution in [0.25, 0.3) is 0 Å². The normalized spacial score (nSPS) is 14.0. The molecule has 1 aromatic heterocycles. The Bertz CT molecular complexity index is 933. The van der Waals surface area contributed by atoms with Crippen molar-refractivity contribution in [3.8, 4) is 5.75 Å². The van der Waals surface area contributed by atoms with Crippen molar-refractivity contribution in [1.82, 2.24) is 9.80 Å². The minimum absolute atomic E-state index is 0.180. The highest BCUT2D eigenvalue weighted by Crippen LogP contribution is 2.24. The Kier molecular flexibility index (Phi) is 5.16. The van der Waals surface area contributed by atoms with Crippen LogP contribution >= 0.6 is 0 Å². The van der Waals surface area contributed by atoms with E-state index in [2.05, 4.69) is 0 Å². The number of methoxy groups -OCH3 is 1. The van der Waals surface area contributed by atoms with E-state index in [1.54, 1.807) is 31.2 Å². The average Bonchev–Trinajstić information content (AvgIpc) is 3.18. The first-order chi connectivity index (χ1) is 13.3. The molecule has 0 unspecified atom stereocenters. The molecule has 28 heavy (non-hydrogen) atoms. The molecule has 0 aliphatic carbocycles. The number of anilines is 1. The lowest BCUT2D eigenvalue weighted by Gasteiger charge is -2.19. The summed E-state index contributed by atoms with van der Waals surface area (Å²) in [6.07, 6.45) is 0. The summed E-state index contributed by atoms with van der Waals surface area (Å²) in [5.74, 6) is -0.732. The zero-order chi connectivity index (χ0) is 20.4. The number of rotatable bonds is 6. The molecule has 9 nitrogen and oxygen atoms in total. The van der Waals surface area contributed by atoms with Gasteiger partial charge in [-0.15, -0.1) is 0 Å². The van der Waals surface area contributed by atoms with E-state index < -0.39 is 30.3 Å². The maximum absolute atomic E-state index is 12.6. The fraction of sp³-hybridized carbons (Fsp3) is 0.263. The van der Waals surface area contributed by atoms with E-state index in [1.165, 1.54) is 31.2 Å². The molecule has 3 rings (SSSR count). The van der Waals surface area contributed by atoms with Gasteiger partial charge < -0.3 is 14.1 Å². The van der Waals surface area contributed by atoms with Gasteiger partial charge in [0, 0.05) is 7.05 Å². The molecule has 5 amide bonds. The molecule has 1 fully saturated rings. The molecular formula is C19H19N3O6. The number of amides is 5. The van der Waals surface area contributed by atoms with Gasteiger partial charge in [0.2, 0.25) is 5.91 Å². The van der Waals surface area contributed by atoms with Crippen LogP contribution in [0.1, 0.15) is 11.5 Å².